The quantitative estimate of drug-likeness (QED) is 0.817. The van der Waals surface area contributed by atoms with Crippen LogP contribution in [0.5, 0.6) is 0 Å². The number of fused-ring (bicyclic) bond motifs is 1. The molecule has 0 atom stereocenters. The highest BCUT2D eigenvalue weighted by molar-refractivity contribution is 6.11. The molecule has 4 heteroatoms. The lowest BCUT2D eigenvalue weighted by atomic mass is 9.96. The Morgan fingerprint density at radius 1 is 1.00 bits per heavy atom. The van der Waals surface area contributed by atoms with Crippen LogP contribution in [0.3, 0.4) is 0 Å². The van der Waals surface area contributed by atoms with E-state index in [2.05, 4.69) is 16.4 Å². The number of hydrogen-bond donors (Lipinski definition) is 1. The summed E-state index contributed by atoms with van der Waals surface area (Å²) in [5.74, 6) is 1.80. The zero-order valence-corrected chi connectivity index (χ0v) is 15.2. The van der Waals surface area contributed by atoms with Gasteiger partial charge in [-0.2, -0.15) is 0 Å². The summed E-state index contributed by atoms with van der Waals surface area (Å²) >= 11 is 0. The topological polar surface area (TPSA) is 58.5 Å². The van der Waals surface area contributed by atoms with Gasteiger partial charge in [0.2, 0.25) is 5.91 Å². The van der Waals surface area contributed by atoms with E-state index in [1.807, 2.05) is 36.4 Å². The number of aliphatic imine (C=N–C) groups is 1. The van der Waals surface area contributed by atoms with Gasteiger partial charge in [0.05, 0.1) is 6.54 Å². The smallest absolute Gasteiger partial charge is 0.228 e. The van der Waals surface area contributed by atoms with E-state index in [-0.39, 0.29) is 17.6 Å². The lowest BCUT2D eigenvalue weighted by molar-refractivity contribution is -0.120. The first-order chi connectivity index (χ1) is 13.2. The minimum atomic E-state index is 0.0903. The molecule has 1 amide bonds. The fourth-order valence-electron chi connectivity index (χ4n) is 3.63. The predicted octanol–water partition coefficient (Wildman–Crippen LogP) is 4.12. The van der Waals surface area contributed by atoms with Crippen LogP contribution in [0.2, 0.25) is 0 Å². The van der Waals surface area contributed by atoms with E-state index in [4.69, 9.17) is 0 Å². The Morgan fingerprint density at radius 3 is 2.59 bits per heavy atom. The second kappa shape index (κ2) is 6.45. The molecule has 0 unspecified atom stereocenters. The van der Waals surface area contributed by atoms with Crippen molar-refractivity contribution < 1.29 is 9.59 Å². The summed E-state index contributed by atoms with van der Waals surface area (Å²) in [7, 11) is 0. The number of nitrogens with zero attached hydrogens (tertiary/aromatic N) is 1. The van der Waals surface area contributed by atoms with Crippen molar-refractivity contribution in [2.45, 2.75) is 38.6 Å². The van der Waals surface area contributed by atoms with Gasteiger partial charge in [-0.3, -0.25) is 14.6 Å². The highest BCUT2D eigenvalue weighted by Gasteiger charge is 2.31. The molecule has 136 valence electrons. The maximum absolute atomic E-state index is 12.4. The van der Waals surface area contributed by atoms with Crippen LogP contribution in [-0.2, 0) is 11.3 Å². The van der Waals surface area contributed by atoms with Gasteiger partial charge in [0.25, 0.3) is 0 Å². The molecular weight excluding hydrogens is 336 g/mol. The number of benzene rings is 2. The van der Waals surface area contributed by atoms with Crippen LogP contribution >= 0.6 is 0 Å². The van der Waals surface area contributed by atoms with Gasteiger partial charge in [-0.1, -0.05) is 30.3 Å². The van der Waals surface area contributed by atoms with Crippen molar-refractivity contribution in [2.24, 2.45) is 16.8 Å². The minimum absolute atomic E-state index is 0.0903. The molecule has 0 radical (unpaired) electrons. The van der Waals surface area contributed by atoms with Gasteiger partial charge in [0.1, 0.15) is 5.84 Å². The third-order valence-corrected chi connectivity index (χ3v) is 5.65. The van der Waals surface area contributed by atoms with E-state index in [1.165, 1.54) is 12.8 Å². The molecule has 2 aliphatic carbocycles. The summed E-state index contributed by atoms with van der Waals surface area (Å²) in [4.78, 5) is 28.9. The number of carbonyl (C=O) groups excluding carboxylic acids is 2. The van der Waals surface area contributed by atoms with Gasteiger partial charge in [-0.15, -0.1) is 0 Å². The van der Waals surface area contributed by atoms with Crippen LogP contribution < -0.4 is 5.32 Å². The Bertz CT molecular complexity index is 968. The van der Waals surface area contributed by atoms with Crippen LogP contribution in [0.25, 0.3) is 11.1 Å². The van der Waals surface area contributed by atoms with Crippen molar-refractivity contribution in [1.82, 2.24) is 5.32 Å². The number of nitrogens with one attached hydrogen (secondary N) is 1. The van der Waals surface area contributed by atoms with Crippen molar-refractivity contribution in [2.75, 3.05) is 0 Å². The summed E-state index contributed by atoms with van der Waals surface area (Å²) in [6.07, 6.45) is 5.03. The number of hydrogen-bond acceptors (Lipinski definition) is 3. The van der Waals surface area contributed by atoms with Crippen LogP contribution in [-0.4, -0.2) is 17.5 Å². The van der Waals surface area contributed by atoms with Gasteiger partial charge < -0.3 is 5.32 Å². The number of carbonyl (C=O) groups is 2. The van der Waals surface area contributed by atoms with Gasteiger partial charge in [0, 0.05) is 23.5 Å². The molecule has 1 aliphatic heterocycles. The highest BCUT2D eigenvalue weighted by Crippen LogP contribution is 2.34. The number of ketones is 1. The van der Waals surface area contributed by atoms with Crippen molar-refractivity contribution in [3.8, 4) is 11.1 Å². The predicted molar refractivity (Wildman–Crippen MR) is 105 cm³/mol. The van der Waals surface area contributed by atoms with Crippen LogP contribution in [0, 0.1) is 11.8 Å². The molecule has 3 aliphatic rings. The van der Waals surface area contributed by atoms with E-state index in [9.17, 15) is 9.59 Å². The summed E-state index contributed by atoms with van der Waals surface area (Å²) in [5.41, 5.74) is 5.06. The van der Waals surface area contributed by atoms with Crippen molar-refractivity contribution in [1.29, 1.82) is 0 Å². The first-order valence-electron chi connectivity index (χ1n) is 9.79. The van der Waals surface area contributed by atoms with Gasteiger partial charge in [-0.05, 0) is 60.4 Å². The molecule has 0 aromatic heterocycles. The molecule has 1 N–H and O–H groups in total. The molecule has 0 spiro atoms. The standard InChI is InChI=1S/C23H22N2O2/c26-21(10-14-4-5-14)18-3-1-2-16(11-18)17-8-9-20-19(12-17)13-24-22(20)25-23(27)15-6-7-15/h1-3,8-9,11-12,14-15H,4-7,10,13H2,(H,24,25,27). The molecule has 0 bridgehead atoms. The fourth-order valence-corrected chi connectivity index (χ4v) is 3.63. The third-order valence-electron chi connectivity index (χ3n) is 5.65. The monoisotopic (exact) mass is 358 g/mol. The zero-order chi connectivity index (χ0) is 18.4. The lowest BCUT2D eigenvalue weighted by Gasteiger charge is -2.09. The Balaban J connectivity index is 1.36. The fraction of sp³-hybridized carbons (Fsp3) is 0.348. The molecule has 2 aromatic carbocycles. The maximum atomic E-state index is 12.4. The molecule has 2 saturated carbocycles. The zero-order valence-electron chi connectivity index (χ0n) is 15.2. The van der Waals surface area contributed by atoms with E-state index in [0.29, 0.717) is 24.7 Å². The second-order valence-electron chi connectivity index (χ2n) is 7.95. The average molecular weight is 358 g/mol. The Hall–Kier alpha value is -2.75. The Labute approximate surface area is 158 Å². The van der Waals surface area contributed by atoms with E-state index in [1.54, 1.807) is 0 Å². The number of Topliss-reactive ketones (excluding diaryl/α,β-unsaturated/α-hetero) is 1. The summed E-state index contributed by atoms with van der Waals surface area (Å²) in [5, 5.41) is 2.97. The van der Waals surface area contributed by atoms with Crippen molar-refractivity contribution in [3.63, 3.8) is 0 Å². The van der Waals surface area contributed by atoms with E-state index >= 15 is 0 Å². The molecule has 5 rings (SSSR count). The maximum Gasteiger partial charge on any atom is 0.228 e. The molecule has 27 heavy (non-hydrogen) atoms. The summed E-state index contributed by atoms with van der Waals surface area (Å²) in [6, 6.07) is 14.1. The molecular formula is C23H22N2O2. The van der Waals surface area contributed by atoms with Crippen LogP contribution in [0.15, 0.2) is 47.5 Å². The number of rotatable bonds is 5. The first-order valence-corrected chi connectivity index (χ1v) is 9.79. The average Bonchev–Trinajstić information content (AvgIpc) is 3.61. The number of amidine groups is 1. The normalized spacial score (nSPS) is 18.0. The van der Waals surface area contributed by atoms with Gasteiger partial charge in [-0.25, -0.2) is 0 Å². The molecule has 4 nitrogen and oxygen atoms in total. The molecule has 2 fully saturated rings. The molecule has 0 saturated heterocycles. The lowest BCUT2D eigenvalue weighted by Crippen LogP contribution is -2.31. The SMILES string of the molecule is O=C(CC1CC1)c1cccc(-c2ccc3c(c2)CN=C3NC(=O)C2CC2)c1. The Morgan fingerprint density at radius 2 is 1.81 bits per heavy atom. The van der Waals surface area contributed by atoms with Crippen LogP contribution in [0.1, 0.15) is 53.6 Å². The third kappa shape index (κ3) is 3.44. The van der Waals surface area contributed by atoms with Gasteiger partial charge >= 0.3 is 0 Å². The second-order valence-corrected chi connectivity index (χ2v) is 7.95. The summed E-state index contributed by atoms with van der Waals surface area (Å²) < 4.78 is 0. The first kappa shape index (κ1) is 16.4. The number of amides is 1. The van der Waals surface area contributed by atoms with E-state index in [0.717, 1.165) is 40.7 Å². The minimum Gasteiger partial charge on any atom is -0.310 e. The summed E-state index contributed by atoms with van der Waals surface area (Å²) in [6.45, 7) is 0.587. The van der Waals surface area contributed by atoms with Crippen LogP contribution in [0.4, 0.5) is 0 Å². The van der Waals surface area contributed by atoms with E-state index < -0.39 is 0 Å². The Kier molecular flexibility index (Phi) is 3.92. The molecule has 2 aromatic rings. The van der Waals surface area contributed by atoms with Crippen molar-refractivity contribution in [3.05, 3.63) is 59.2 Å². The highest BCUT2D eigenvalue weighted by atomic mass is 16.2. The largest absolute Gasteiger partial charge is 0.310 e. The van der Waals surface area contributed by atoms with Crippen molar-refractivity contribution >= 4 is 17.5 Å². The van der Waals surface area contributed by atoms with Gasteiger partial charge in [0.15, 0.2) is 5.78 Å². The molecule has 1 heterocycles.